The van der Waals surface area contributed by atoms with Crippen molar-refractivity contribution in [3.05, 3.63) is 97.5 Å². The quantitative estimate of drug-likeness (QED) is 0.0885. The molecule has 4 aromatic rings. The van der Waals surface area contributed by atoms with Crippen LogP contribution in [-0.2, 0) is 28.0 Å². The smallest absolute Gasteiger partial charge is 0.331 e. The maximum Gasteiger partial charge on any atom is 0.331 e. The van der Waals surface area contributed by atoms with Gasteiger partial charge in [-0.15, -0.1) is 11.3 Å². The highest BCUT2D eigenvalue weighted by Crippen LogP contribution is 2.40. The third-order valence-electron chi connectivity index (χ3n) is 10.9. The van der Waals surface area contributed by atoms with Crippen LogP contribution in [0.15, 0.2) is 65.5 Å². The molecule has 5 N–H and O–H groups in total. The van der Waals surface area contributed by atoms with Gasteiger partial charge in [-0.1, -0.05) is 49.6 Å². The van der Waals surface area contributed by atoms with Gasteiger partial charge in [0.05, 0.1) is 16.5 Å². The van der Waals surface area contributed by atoms with E-state index < -0.39 is 11.6 Å². The lowest BCUT2D eigenvalue weighted by atomic mass is 9.85. The summed E-state index contributed by atoms with van der Waals surface area (Å²) in [5, 5.41) is 28.2. The predicted octanol–water partition coefficient (Wildman–Crippen LogP) is 5.28. The number of rotatable bonds is 14. The predicted molar refractivity (Wildman–Crippen MR) is 193 cm³/mol. The lowest BCUT2D eigenvalue weighted by Crippen LogP contribution is -2.55. The molecule has 10 nitrogen and oxygen atoms in total. The number of aryl methyl sites for hydroxylation is 1. The van der Waals surface area contributed by atoms with Crippen LogP contribution in [0, 0.1) is 5.92 Å². The molecule has 3 saturated heterocycles. The number of esters is 1. The molecule has 2 bridgehead atoms. The number of aromatic hydroxyl groups is 1. The number of benzene rings is 2. The molecule has 2 aromatic carbocycles. The number of aliphatic hydroxyl groups is 1. The van der Waals surface area contributed by atoms with Gasteiger partial charge in [-0.25, -0.2) is 4.79 Å². The van der Waals surface area contributed by atoms with Crippen molar-refractivity contribution in [2.24, 2.45) is 5.92 Å². The van der Waals surface area contributed by atoms with Crippen molar-refractivity contribution in [1.29, 1.82) is 0 Å². The molecule has 1 unspecified atom stereocenters. The summed E-state index contributed by atoms with van der Waals surface area (Å²) in [6.07, 6.45) is 6.89. The molecule has 0 radical (unpaired) electrons. The highest BCUT2D eigenvalue weighted by molar-refractivity contribution is 7.14. The lowest BCUT2D eigenvalue weighted by Gasteiger charge is -2.45. The van der Waals surface area contributed by atoms with Crippen LogP contribution in [0.25, 0.3) is 10.9 Å². The van der Waals surface area contributed by atoms with E-state index in [0.29, 0.717) is 53.2 Å². The van der Waals surface area contributed by atoms with E-state index in [4.69, 9.17) is 4.74 Å². The Morgan fingerprint density at radius 1 is 1.02 bits per heavy atom. The molecule has 4 aliphatic rings. The maximum atomic E-state index is 14.0. The van der Waals surface area contributed by atoms with Gasteiger partial charge in [0.15, 0.2) is 0 Å². The fourth-order valence-corrected chi connectivity index (χ4v) is 8.87. The largest absolute Gasteiger partial charge is 0.506 e. The molecular weight excluding hydrogens is 653 g/mol. The normalized spacial score (nSPS) is 23.1. The highest BCUT2D eigenvalue weighted by Gasteiger charge is 2.48. The van der Waals surface area contributed by atoms with Crippen molar-refractivity contribution in [3.63, 3.8) is 0 Å². The van der Waals surface area contributed by atoms with E-state index in [1.54, 1.807) is 12.1 Å². The summed E-state index contributed by atoms with van der Waals surface area (Å²) in [6.45, 7) is 4.04. The van der Waals surface area contributed by atoms with Gasteiger partial charge < -0.3 is 25.3 Å². The fourth-order valence-electron chi connectivity index (χ4n) is 8.00. The van der Waals surface area contributed by atoms with E-state index in [9.17, 15) is 24.6 Å². The molecule has 50 heavy (non-hydrogen) atoms. The van der Waals surface area contributed by atoms with Gasteiger partial charge in [-0.05, 0) is 98.5 Å². The van der Waals surface area contributed by atoms with Gasteiger partial charge >= 0.3 is 5.97 Å². The number of unbranched alkanes of at least 4 members (excludes halogenated alkanes) is 3. The highest BCUT2D eigenvalue weighted by atomic mass is 32.1. The van der Waals surface area contributed by atoms with Crippen LogP contribution in [0.5, 0.6) is 5.75 Å². The standard InChI is InChI=1S/C39H46N4O6S/c44-31(28-11-13-32(45)36-29(28)12-15-35(46)42-36)9-3-1-2-6-20-40-37(47)34-14-10-27(50-34)23-41-39(19-16-25-7-4-5-8-30(25)39)38(48)49-33-24-43-21-17-26(33)18-22-43/h4-5,7-8,10-15,26,31,33,41,44-45H,1-3,6,9,16-24H2,(H,40,47)(H,42,46)/t31-,33-,39?/m0/s1. The number of aliphatic hydroxyl groups excluding tert-OH is 1. The molecule has 264 valence electrons. The molecule has 1 aliphatic carbocycles. The molecule has 8 rings (SSSR count). The second-order valence-corrected chi connectivity index (χ2v) is 15.2. The number of carbonyl (C=O) groups excluding carboxylic acids is 2. The molecule has 0 spiro atoms. The Labute approximate surface area is 295 Å². The zero-order chi connectivity index (χ0) is 34.7. The summed E-state index contributed by atoms with van der Waals surface area (Å²) in [6, 6.07) is 18.2. The number of nitrogens with one attached hydrogen (secondary N) is 3. The van der Waals surface area contributed by atoms with E-state index in [2.05, 4.69) is 26.6 Å². The maximum absolute atomic E-state index is 14.0. The van der Waals surface area contributed by atoms with E-state index in [1.807, 2.05) is 30.3 Å². The number of phenols is 1. The molecule has 3 fully saturated rings. The summed E-state index contributed by atoms with van der Waals surface area (Å²) in [5.74, 6) is 0.135. The van der Waals surface area contributed by atoms with Crippen molar-refractivity contribution in [1.82, 2.24) is 20.5 Å². The number of hydrogen-bond acceptors (Lipinski definition) is 9. The monoisotopic (exact) mass is 698 g/mol. The van der Waals surface area contributed by atoms with Crippen LogP contribution in [-0.4, -0.2) is 64.3 Å². The Kier molecular flexibility index (Phi) is 10.4. The molecular formula is C39H46N4O6S. The van der Waals surface area contributed by atoms with Crippen LogP contribution in [0.3, 0.4) is 0 Å². The minimum atomic E-state index is -0.900. The number of fused-ring (bicyclic) bond motifs is 5. The topological polar surface area (TPSA) is 144 Å². The zero-order valence-corrected chi connectivity index (χ0v) is 29.1. The first-order valence-electron chi connectivity index (χ1n) is 18.0. The van der Waals surface area contributed by atoms with Crippen molar-refractivity contribution in [3.8, 4) is 5.75 Å². The summed E-state index contributed by atoms with van der Waals surface area (Å²) >= 11 is 1.44. The number of phenolic OH excluding ortho intramolecular Hbond substituents is 1. The fraction of sp³-hybridized carbons (Fsp3) is 0.462. The van der Waals surface area contributed by atoms with Crippen molar-refractivity contribution in [2.45, 2.75) is 82.1 Å². The summed E-state index contributed by atoms with van der Waals surface area (Å²) < 4.78 is 6.30. The van der Waals surface area contributed by atoms with Crippen molar-refractivity contribution in [2.75, 3.05) is 26.2 Å². The van der Waals surface area contributed by atoms with E-state index >= 15 is 0 Å². The molecule has 11 heteroatoms. The van der Waals surface area contributed by atoms with Crippen LogP contribution in [0.2, 0.25) is 0 Å². The van der Waals surface area contributed by atoms with Crippen molar-refractivity contribution >= 4 is 34.1 Å². The average molecular weight is 699 g/mol. The van der Waals surface area contributed by atoms with Gasteiger partial charge in [0.2, 0.25) is 5.56 Å². The summed E-state index contributed by atoms with van der Waals surface area (Å²) in [4.78, 5) is 45.3. The third-order valence-corrected chi connectivity index (χ3v) is 11.9. The first kappa shape index (κ1) is 34.4. The first-order valence-corrected chi connectivity index (χ1v) is 18.8. The minimum Gasteiger partial charge on any atom is -0.506 e. The lowest BCUT2D eigenvalue weighted by molar-refractivity contribution is -0.167. The Hall–Kier alpha value is -4.03. The number of piperidine rings is 3. The zero-order valence-electron chi connectivity index (χ0n) is 28.3. The molecule has 5 heterocycles. The Morgan fingerprint density at radius 2 is 1.84 bits per heavy atom. The van der Waals surface area contributed by atoms with Crippen molar-refractivity contribution < 1.29 is 24.5 Å². The van der Waals surface area contributed by atoms with E-state index in [0.717, 1.165) is 75.0 Å². The van der Waals surface area contributed by atoms with E-state index in [1.165, 1.54) is 29.0 Å². The SMILES string of the molecule is O=C(NCCCCCC[C@H](O)c1ccc(O)c2[nH]c(=O)ccc12)c1ccc(CNC2(C(=O)O[C@H]3CN4CCC3CC4)CCc3ccccc32)s1. The molecule has 3 atom stereocenters. The number of ether oxygens (including phenoxy) is 1. The summed E-state index contributed by atoms with van der Waals surface area (Å²) in [5.41, 5.74) is 1.99. The molecule has 3 aliphatic heterocycles. The Morgan fingerprint density at radius 3 is 2.66 bits per heavy atom. The van der Waals surface area contributed by atoms with Crippen LogP contribution >= 0.6 is 11.3 Å². The third kappa shape index (κ3) is 7.23. The van der Waals surface area contributed by atoms with Gasteiger partial charge in [0, 0.05) is 36.0 Å². The van der Waals surface area contributed by atoms with Gasteiger partial charge in [0.1, 0.15) is 17.4 Å². The number of carbonyl (C=O) groups is 2. The molecule has 1 amide bonds. The number of H-pyrrole nitrogens is 1. The number of hydrogen-bond donors (Lipinski definition) is 5. The van der Waals surface area contributed by atoms with E-state index in [-0.39, 0.29) is 29.3 Å². The number of aromatic nitrogens is 1. The Balaban J connectivity index is 0.870. The molecule has 2 aromatic heterocycles. The van der Waals surface area contributed by atoms with Crippen LogP contribution in [0.4, 0.5) is 0 Å². The number of aromatic amines is 1. The molecule has 0 saturated carbocycles. The number of thiophene rings is 1. The number of pyridine rings is 1. The second-order valence-electron chi connectivity index (χ2n) is 14.0. The van der Waals surface area contributed by atoms with Crippen LogP contribution in [0.1, 0.15) is 88.7 Å². The first-order chi connectivity index (χ1) is 24.3. The van der Waals surface area contributed by atoms with Gasteiger partial charge in [0.25, 0.3) is 5.91 Å². The Bertz CT molecular complexity index is 1900. The second kappa shape index (κ2) is 15.1. The minimum absolute atomic E-state index is 0.0218. The van der Waals surface area contributed by atoms with Gasteiger partial charge in [-0.2, -0.15) is 0 Å². The van der Waals surface area contributed by atoms with Crippen LogP contribution < -0.4 is 16.2 Å². The number of nitrogens with zero attached hydrogens (tertiary/aromatic N) is 1. The average Bonchev–Trinajstić information content (AvgIpc) is 3.77. The summed E-state index contributed by atoms with van der Waals surface area (Å²) in [7, 11) is 0. The number of amides is 1. The van der Waals surface area contributed by atoms with Gasteiger partial charge in [-0.3, -0.25) is 19.8 Å².